The van der Waals surface area contributed by atoms with E-state index in [0.717, 1.165) is 0 Å². The van der Waals surface area contributed by atoms with Gasteiger partial charge >= 0.3 is 5.97 Å². The van der Waals surface area contributed by atoms with Gasteiger partial charge in [-0.2, -0.15) is 0 Å². The molecule has 64 valence electrons. The zero-order valence-corrected chi connectivity index (χ0v) is 6.33. The highest BCUT2D eigenvalue weighted by Gasteiger charge is 2.13. The minimum Gasteiger partial charge on any atom is -0.405 e. The molecule has 6 nitrogen and oxygen atoms in total. The Hall–Kier alpha value is -1.85. The van der Waals surface area contributed by atoms with Crippen molar-refractivity contribution in [3.05, 3.63) is 12.0 Å². The van der Waals surface area contributed by atoms with Crippen LogP contribution in [0.1, 0.15) is 17.4 Å². The van der Waals surface area contributed by atoms with E-state index in [-0.39, 0.29) is 11.6 Å². The maximum Gasteiger partial charge on any atom is 0.309 e. The summed E-state index contributed by atoms with van der Waals surface area (Å²) in [5.41, 5.74) is 4.92. The Morgan fingerprint density at radius 3 is 2.83 bits per heavy atom. The number of hydrogen-bond acceptors (Lipinski definition) is 4. The molecule has 0 spiro atoms. The molecule has 0 fully saturated rings. The van der Waals surface area contributed by atoms with E-state index in [0.29, 0.717) is 0 Å². The molecule has 1 rings (SSSR count). The maximum atomic E-state index is 10.6. The van der Waals surface area contributed by atoms with Gasteiger partial charge in [0.2, 0.25) is 0 Å². The van der Waals surface area contributed by atoms with Crippen molar-refractivity contribution in [3.8, 4) is 5.88 Å². The molecule has 3 N–H and O–H groups in total. The van der Waals surface area contributed by atoms with Crippen LogP contribution in [0.2, 0.25) is 0 Å². The molecule has 6 heteroatoms. The Kier molecular flexibility index (Phi) is 2.09. The van der Waals surface area contributed by atoms with Crippen LogP contribution < -0.4 is 10.5 Å². The van der Waals surface area contributed by atoms with Crippen LogP contribution in [0.25, 0.3) is 0 Å². The summed E-state index contributed by atoms with van der Waals surface area (Å²) in [6.07, 6.45) is 1.22. The first kappa shape index (κ1) is 8.25. The van der Waals surface area contributed by atoms with E-state index in [1.807, 2.05) is 0 Å². The van der Waals surface area contributed by atoms with Gasteiger partial charge in [0.25, 0.3) is 11.8 Å². The predicted molar refractivity (Wildman–Crippen MR) is 38.4 cm³/mol. The highest BCUT2D eigenvalue weighted by atomic mass is 16.5. The van der Waals surface area contributed by atoms with E-state index in [1.54, 1.807) is 0 Å². The number of nitrogens with one attached hydrogen (secondary N) is 1. The average molecular weight is 169 g/mol. The fourth-order valence-corrected chi connectivity index (χ4v) is 0.672. The Morgan fingerprint density at radius 2 is 2.33 bits per heavy atom. The number of ether oxygens (including phenoxy) is 1. The van der Waals surface area contributed by atoms with E-state index in [9.17, 15) is 9.59 Å². The summed E-state index contributed by atoms with van der Waals surface area (Å²) < 4.78 is 4.56. The minimum absolute atomic E-state index is 0.00907. The van der Waals surface area contributed by atoms with Crippen molar-refractivity contribution in [3.63, 3.8) is 0 Å². The molecule has 0 bridgehead atoms. The smallest absolute Gasteiger partial charge is 0.309 e. The van der Waals surface area contributed by atoms with Crippen LogP contribution in [0, 0.1) is 0 Å². The molecule has 0 radical (unpaired) electrons. The Bertz CT molecular complexity index is 318. The number of rotatable bonds is 2. The molecule has 12 heavy (non-hydrogen) atoms. The Labute approximate surface area is 67.7 Å². The van der Waals surface area contributed by atoms with Crippen molar-refractivity contribution < 1.29 is 14.3 Å². The number of aromatic nitrogens is 2. The summed E-state index contributed by atoms with van der Waals surface area (Å²) in [6.45, 7) is 1.21. The number of H-pyrrole nitrogens is 1. The van der Waals surface area contributed by atoms with Gasteiger partial charge in [-0.15, -0.1) is 0 Å². The number of esters is 1. The quantitative estimate of drug-likeness (QED) is 0.579. The standard InChI is InChI=1S/C6H7N3O3/c1-3(10)12-6-4(5(7)11)8-2-9-6/h2H,1H3,(H2,7,11)(H,8,9). The lowest BCUT2D eigenvalue weighted by Crippen LogP contribution is -2.14. The number of amides is 1. The summed E-state index contributed by atoms with van der Waals surface area (Å²) >= 11 is 0. The third-order valence-electron chi connectivity index (χ3n) is 1.09. The van der Waals surface area contributed by atoms with Gasteiger partial charge in [0, 0.05) is 6.92 Å². The molecule has 1 aromatic rings. The van der Waals surface area contributed by atoms with Gasteiger partial charge in [0.15, 0.2) is 5.69 Å². The lowest BCUT2D eigenvalue weighted by Gasteiger charge is -1.96. The van der Waals surface area contributed by atoms with E-state index in [4.69, 9.17) is 5.73 Å². The molecule has 0 aromatic carbocycles. The third-order valence-corrected chi connectivity index (χ3v) is 1.09. The fraction of sp³-hybridized carbons (Fsp3) is 0.167. The van der Waals surface area contributed by atoms with E-state index < -0.39 is 11.9 Å². The summed E-state index contributed by atoms with van der Waals surface area (Å²) in [7, 11) is 0. The second-order valence-corrected chi connectivity index (χ2v) is 2.04. The fourth-order valence-electron chi connectivity index (χ4n) is 0.672. The van der Waals surface area contributed by atoms with E-state index in [2.05, 4.69) is 14.7 Å². The lowest BCUT2D eigenvalue weighted by molar-refractivity contribution is -0.132. The molecule has 1 aromatic heterocycles. The zero-order valence-electron chi connectivity index (χ0n) is 6.33. The molecular weight excluding hydrogens is 162 g/mol. The highest BCUT2D eigenvalue weighted by Crippen LogP contribution is 2.10. The summed E-state index contributed by atoms with van der Waals surface area (Å²) in [5, 5.41) is 0. The van der Waals surface area contributed by atoms with Crippen LogP contribution in [0.3, 0.4) is 0 Å². The first-order chi connectivity index (χ1) is 5.61. The molecule has 0 saturated carbocycles. The van der Waals surface area contributed by atoms with Crippen LogP contribution >= 0.6 is 0 Å². The second kappa shape index (κ2) is 3.04. The Balaban J connectivity index is 2.91. The number of hydrogen-bond donors (Lipinski definition) is 2. The molecule has 0 atom stereocenters. The van der Waals surface area contributed by atoms with Crippen LogP contribution in [0.5, 0.6) is 5.88 Å². The van der Waals surface area contributed by atoms with E-state index in [1.165, 1.54) is 13.3 Å². The minimum atomic E-state index is -0.719. The van der Waals surface area contributed by atoms with Crippen LogP contribution in [-0.4, -0.2) is 21.8 Å². The van der Waals surface area contributed by atoms with Gasteiger partial charge in [0.1, 0.15) is 0 Å². The van der Waals surface area contributed by atoms with Crippen LogP contribution in [0.4, 0.5) is 0 Å². The monoisotopic (exact) mass is 169 g/mol. The molecule has 1 amide bonds. The van der Waals surface area contributed by atoms with Gasteiger partial charge in [0.05, 0.1) is 6.33 Å². The van der Waals surface area contributed by atoms with Crippen molar-refractivity contribution in [2.45, 2.75) is 6.92 Å². The maximum absolute atomic E-state index is 10.6. The van der Waals surface area contributed by atoms with Gasteiger partial charge in [-0.05, 0) is 0 Å². The van der Waals surface area contributed by atoms with Crippen molar-refractivity contribution in [1.82, 2.24) is 9.97 Å². The number of carbonyl (C=O) groups excluding carboxylic acids is 2. The van der Waals surface area contributed by atoms with Crippen LogP contribution in [-0.2, 0) is 4.79 Å². The number of aromatic amines is 1. The normalized spacial score (nSPS) is 9.42. The topological polar surface area (TPSA) is 98.1 Å². The average Bonchev–Trinajstić information content (AvgIpc) is 2.33. The van der Waals surface area contributed by atoms with Crippen molar-refractivity contribution in [2.24, 2.45) is 5.73 Å². The SMILES string of the molecule is CC(=O)Oc1nc[nH]c1C(N)=O. The molecule has 0 aliphatic carbocycles. The molecule has 0 aliphatic rings. The molecule has 0 unspecified atom stereocenters. The molecule has 0 aliphatic heterocycles. The number of primary amides is 1. The number of nitrogens with two attached hydrogens (primary N) is 1. The van der Waals surface area contributed by atoms with Crippen LogP contribution in [0.15, 0.2) is 6.33 Å². The Morgan fingerprint density at radius 1 is 1.67 bits per heavy atom. The first-order valence-electron chi connectivity index (χ1n) is 3.13. The van der Waals surface area contributed by atoms with Gasteiger partial charge in [-0.1, -0.05) is 0 Å². The third kappa shape index (κ3) is 1.60. The number of nitrogens with zero attached hydrogens (tertiary/aromatic N) is 1. The van der Waals surface area contributed by atoms with Crippen molar-refractivity contribution in [1.29, 1.82) is 0 Å². The number of imidazole rings is 1. The zero-order chi connectivity index (χ0) is 9.14. The number of carbonyl (C=O) groups is 2. The largest absolute Gasteiger partial charge is 0.405 e. The molecular formula is C6H7N3O3. The summed E-state index contributed by atoms with van der Waals surface area (Å²) in [6, 6.07) is 0. The second-order valence-electron chi connectivity index (χ2n) is 2.04. The molecule has 1 heterocycles. The molecule has 0 saturated heterocycles. The lowest BCUT2D eigenvalue weighted by atomic mass is 10.4. The van der Waals surface area contributed by atoms with Gasteiger partial charge in [-0.25, -0.2) is 4.98 Å². The van der Waals surface area contributed by atoms with Gasteiger partial charge in [-0.3, -0.25) is 9.59 Å². The summed E-state index contributed by atoms with van der Waals surface area (Å²) in [4.78, 5) is 27.1. The van der Waals surface area contributed by atoms with Crippen molar-refractivity contribution >= 4 is 11.9 Å². The first-order valence-corrected chi connectivity index (χ1v) is 3.13. The van der Waals surface area contributed by atoms with Gasteiger partial charge < -0.3 is 15.5 Å². The van der Waals surface area contributed by atoms with Crippen molar-refractivity contribution in [2.75, 3.05) is 0 Å². The van der Waals surface area contributed by atoms with E-state index >= 15 is 0 Å². The predicted octanol–water partition coefficient (Wildman–Crippen LogP) is -0.566. The highest BCUT2D eigenvalue weighted by molar-refractivity contribution is 5.93. The summed E-state index contributed by atoms with van der Waals surface area (Å²) in [5.74, 6) is -1.36.